The fourth-order valence-corrected chi connectivity index (χ4v) is 2.21. The molecule has 2 rings (SSSR count). The van der Waals surface area contributed by atoms with Gasteiger partial charge in [-0.25, -0.2) is 0 Å². The topological polar surface area (TPSA) is 46.5 Å². The molecule has 3 nitrogen and oxygen atoms in total. The van der Waals surface area contributed by atoms with Crippen LogP contribution >= 0.6 is 23.2 Å². The standard InChI is InChI=1S/C16H14Cl2O3/c17-12-3-6-15(18)14(9-12)16(20)10-21-13-4-1-11(2-5-13)7-8-19/h1-6,9,19H,7-8,10H2. The van der Waals surface area contributed by atoms with Crippen molar-refractivity contribution in [3.8, 4) is 5.75 Å². The van der Waals surface area contributed by atoms with Crippen LogP contribution in [-0.4, -0.2) is 24.1 Å². The Labute approximate surface area is 133 Å². The summed E-state index contributed by atoms with van der Waals surface area (Å²) in [5.41, 5.74) is 1.36. The minimum absolute atomic E-state index is 0.103. The average Bonchev–Trinajstić information content (AvgIpc) is 2.49. The molecule has 0 aromatic heterocycles. The van der Waals surface area contributed by atoms with Gasteiger partial charge in [0.1, 0.15) is 5.75 Å². The molecule has 110 valence electrons. The maximum atomic E-state index is 12.1. The zero-order valence-electron chi connectivity index (χ0n) is 11.2. The van der Waals surface area contributed by atoms with Crippen LogP contribution in [-0.2, 0) is 6.42 Å². The normalized spacial score (nSPS) is 10.4. The van der Waals surface area contributed by atoms with Crippen molar-refractivity contribution >= 4 is 29.0 Å². The Hall–Kier alpha value is -1.55. The fraction of sp³-hybridized carbons (Fsp3) is 0.188. The number of ketones is 1. The van der Waals surface area contributed by atoms with Gasteiger partial charge in [-0.2, -0.15) is 0 Å². The van der Waals surface area contributed by atoms with Crippen molar-refractivity contribution in [1.29, 1.82) is 0 Å². The van der Waals surface area contributed by atoms with Gasteiger partial charge in [-0.1, -0.05) is 35.3 Å². The van der Waals surface area contributed by atoms with Crippen molar-refractivity contribution in [3.05, 3.63) is 63.6 Å². The van der Waals surface area contributed by atoms with Crippen LogP contribution in [0, 0.1) is 0 Å². The highest BCUT2D eigenvalue weighted by molar-refractivity contribution is 6.35. The number of hydrogen-bond acceptors (Lipinski definition) is 3. The zero-order chi connectivity index (χ0) is 15.2. The van der Waals surface area contributed by atoms with Crippen LogP contribution < -0.4 is 4.74 Å². The van der Waals surface area contributed by atoms with E-state index in [9.17, 15) is 4.79 Å². The second kappa shape index (κ2) is 7.46. The summed E-state index contributed by atoms with van der Waals surface area (Å²) in [5, 5.41) is 9.65. The van der Waals surface area contributed by atoms with Crippen molar-refractivity contribution in [2.24, 2.45) is 0 Å². The second-order valence-electron chi connectivity index (χ2n) is 4.45. The van der Waals surface area contributed by atoms with Crippen LogP contribution in [0.15, 0.2) is 42.5 Å². The highest BCUT2D eigenvalue weighted by Crippen LogP contribution is 2.21. The van der Waals surface area contributed by atoms with E-state index in [0.29, 0.717) is 27.8 Å². The highest BCUT2D eigenvalue weighted by Gasteiger charge is 2.12. The molecule has 0 aliphatic rings. The molecule has 0 amide bonds. The monoisotopic (exact) mass is 324 g/mol. The molecule has 0 aliphatic heterocycles. The van der Waals surface area contributed by atoms with Gasteiger partial charge in [0.25, 0.3) is 0 Å². The van der Waals surface area contributed by atoms with Gasteiger partial charge in [0.2, 0.25) is 5.78 Å². The fourth-order valence-electron chi connectivity index (χ4n) is 1.82. The number of ether oxygens (including phenoxy) is 1. The molecule has 2 aromatic rings. The molecule has 2 aromatic carbocycles. The largest absolute Gasteiger partial charge is 0.485 e. The SMILES string of the molecule is O=C(COc1ccc(CCO)cc1)c1cc(Cl)ccc1Cl. The maximum Gasteiger partial charge on any atom is 0.201 e. The smallest absolute Gasteiger partial charge is 0.201 e. The molecule has 5 heteroatoms. The summed E-state index contributed by atoms with van der Waals surface area (Å²) in [4.78, 5) is 12.1. The third-order valence-electron chi connectivity index (χ3n) is 2.92. The van der Waals surface area contributed by atoms with Gasteiger partial charge in [0.15, 0.2) is 6.61 Å². The highest BCUT2D eigenvalue weighted by atomic mass is 35.5. The number of halogens is 2. The molecule has 0 saturated carbocycles. The quantitative estimate of drug-likeness (QED) is 0.822. The summed E-state index contributed by atoms with van der Waals surface area (Å²) in [6.07, 6.45) is 0.595. The molecule has 0 saturated heterocycles. The van der Waals surface area contributed by atoms with E-state index in [1.54, 1.807) is 24.3 Å². The van der Waals surface area contributed by atoms with Crippen molar-refractivity contribution in [1.82, 2.24) is 0 Å². The van der Waals surface area contributed by atoms with Crippen LogP contribution in [0.25, 0.3) is 0 Å². The number of aliphatic hydroxyl groups is 1. The van der Waals surface area contributed by atoms with Crippen LogP contribution in [0.5, 0.6) is 5.75 Å². The lowest BCUT2D eigenvalue weighted by molar-refractivity contribution is 0.0921. The molecule has 0 fully saturated rings. The van der Waals surface area contributed by atoms with E-state index in [4.69, 9.17) is 33.0 Å². The number of carbonyl (C=O) groups excluding carboxylic acids is 1. The van der Waals surface area contributed by atoms with Crippen LogP contribution in [0.3, 0.4) is 0 Å². The molecular weight excluding hydrogens is 311 g/mol. The molecule has 0 heterocycles. The first-order valence-electron chi connectivity index (χ1n) is 6.41. The number of Topliss-reactive ketones (excluding diaryl/α,β-unsaturated/α-hetero) is 1. The van der Waals surface area contributed by atoms with Crippen molar-refractivity contribution < 1.29 is 14.6 Å². The number of benzene rings is 2. The van der Waals surface area contributed by atoms with Gasteiger partial charge in [-0.15, -0.1) is 0 Å². The molecule has 21 heavy (non-hydrogen) atoms. The third-order valence-corrected chi connectivity index (χ3v) is 3.49. The average molecular weight is 325 g/mol. The minimum atomic E-state index is -0.234. The summed E-state index contributed by atoms with van der Waals surface area (Å²) in [6, 6.07) is 12.0. The Kier molecular flexibility index (Phi) is 5.62. The van der Waals surface area contributed by atoms with Gasteiger partial charge in [0, 0.05) is 17.2 Å². The summed E-state index contributed by atoms with van der Waals surface area (Å²) >= 11 is 11.8. The van der Waals surface area contributed by atoms with E-state index in [0.717, 1.165) is 5.56 Å². The lowest BCUT2D eigenvalue weighted by atomic mass is 10.1. The Morgan fingerprint density at radius 2 is 1.81 bits per heavy atom. The van der Waals surface area contributed by atoms with Crippen LogP contribution in [0.1, 0.15) is 15.9 Å². The second-order valence-corrected chi connectivity index (χ2v) is 5.30. The molecule has 0 spiro atoms. The maximum absolute atomic E-state index is 12.1. The van der Waals surface area contributed by atoms with E-state index in [2.05, 4.69) is 0 Å². The predicted octanol–water partition coefficient (Wildman–Crippen LogP) is 3.79. The lowest BCUT2D eigenvalue weighted by Gasteiger charge is -2.08. The van der Waals surface area contributed by atoms with Gasteiger partial charge in [-0.3, -0.25) is 4.79 Å². The lowest BCUT2D eigenvalue weighted by Crippen LogP contribution is -2.12. The Bertz CT molecular complexity index is 624. The van der Waals surface area contributed by atoms with Gasteiger partial charge in [0.05, 0.1) is 5.02 Å². The Balaban J connectivity index is 1.99. The van der Waals surface area contributed by atoms with Crippen molar-refractivity contribution in [3.63, 3.8) is 0 Å². The van der Waals surface area contributed by atoms with E-state index >= 15 is 0 Å². The predicted molar refractivity (Wildman–Crippen MR) is 83.5 cm³/mol. The van der Waals surface area contributed by atoms with Crippen molar-refractivity contribution in [2.45, 2.75) is 6.42 Å². The number of carbonyl (C=O) groups is 1. The Morgan fingerprint density at radius 1 is 1.10 bits per heavy atom. The van der Waals surface area contributed by atoms with Gasteiger partial charge < -0.3 is 9.84 Å². The van der Waals surface area contributed by atoms with E-state index in [-0.39, 0.29) is 19.0 Å². The minimum Gasteiger partial charge on any atom is -0.485 e. The third kappa shape index (κ3) is 4.46. The first-order chi connectivity index (χ1) is 10.1. The Morgan fingerprint density at radius 3 is 2.48 bits per heavy atom. The summed E-state index contributed by atoms with van der Waals surface area (Å²) in [6.45, 7) is -0.00857. The molecule has 0 unspecified atom stereocenters. The number of rotatable bonds is 6. The molecule has 0 aliphatic carbocycles. The van der Waals surface area contributed by atoms with E-state index in [1.807, 2.05) is 12.1 Å². The molecule has 0 radical (unpaired) electrons. The summed E-state index contributed by atoms with van der Waals surface area (Å²) < 4.78 is 5.44. The summed E-state index contributed by atoms with van der Waals surface area (Å²) in [7, 11) is 0. The van der Waals surface area contributed by atoms with Gasteiger partial charge in [-0.05, 0) is 42.3 Å². The first-order valence-corrected chi connectivity index (χ1v) is 7.16. The molecule has 0 atom stereocenters. The van der Waals surface area contributed by atoms with Crippen LogP contribution in [0.2, 0.25) is 10.0 Å². The van der Waals surface area contributed by atoms with Gasteiger partial charge >= 0.3 is 0 Å². The molecular formula is C16H14Cl2O3. The zero-order valence-corrected chi connectivity index (χ0v) is 12.7. The van der Waals surface area contributed by atoms with Crippen molar-refractivity contribution in [2.75, 3.05) is 13.2 Å². The number of hydrogen-bond donors (Lipinski definition) is 1. The number of aliphatic hydroxyl groups excluding tert-OH is 1. The van der Waals surface area contributed by atoms with E-state index in [1.165, 1.54) is 6.07 Å². The van der Waals surface area contributed by atoms with E-state index < -0.39 is 0 Å². The van der Waals surface area contributed by atoms with Crippen LogP contribution in [0.4, 0.5) is 0 Å². The molecule has 1 N–H and O–H groups in total. The first kappa shape index (κ1) is 15.8. The molecule has 0 bridgehead atoms. The summed E-state index contributed by atoms with van der Waals surface area (Å²) in [5.74, 6) is 0.352.